The van der Waals surface area contributed by atoms with Gasteiger partial charge in [-0.3, -0.25) is 4.90 Å². The molecule has 1 aliphatic carbocycles. The maximum absolute atomic E-state index is 10.6. The van der Waals surface area contributed by atoms with Gasteiger partial charge in [-0.25, -0.2) is 14.6 Å². The van der Waals surface area contributed by atoms with Crippen LogP contribution in [0.1, 0.15) is 49.4 Å². The molecule has 2 fully saturated rings. The lowest BCUT2D eigenvalue weighted by Crippen LogP contribution is -2.45. The summed E-state index contributed by atoms with van der Waals surface area (Å²) in [6.07, 6.45) is -1.79. The molecule has 0 bridgehead atoms. The SMILES string of the molecule is Cn1cnc2c1C(COCC1CCOCC1)CN(C1CCC1)C2.O=C(O)C(F)(F)F.O=C(O)C(F)(F)F. The van der Waals surface area contributed by atoms with Crippen LogP contribution >= 0.6 is 0 Å². The summed E-state index contributed by atoms with van der Waals surface area (Å²) < 4.78 is 77.3. The summed E-state index contributed by atoms with van der Waals surface area (Å²) in [7, 11) is 2.12. The molecule has 0 amide bonds. The molecule has 2 aliphatic heterocycles. The summed E-state index contributed by atoms with van der Waals surface area (Å²) in [5.74, 6) is -4.37. The van der Waals surface area contributed by atoms with Crippen molar-refractivity contribution in [2.75, 3.05) is 33.0 Å². The summed E-state index contributed by atoms with van der Waals surface area (Å²) in [5, 5.41) is 14.2. The highest BCUT2D eigenvalue weighted by molar-refractivity contribution is 5.73. The summed E-state index contributed by atoms with van der Waals surface area (Å²) in [4.78, 5) is 25.1. The van der Waals surface area contributed by atoms with Crippen LogP contribution in [0.4, 0.5) is 26.3 Å². The van der Waals surface area contributed by atoms with E-state index in [9.17, 15) is 26.3 Å². The third kappa shape index (κ3) is 9.78. The van der Waals surface area contributed by atoms with E-state index < -0.39 is 24.3 Å². The van der Waals surface area contributed by atoms with E-state index in [0.29, 0.717) is 11.8 Å². The topological polar surface area (TPSA) is 114 Å². The van der Waals surface area contributed by atoms with Crippen LogP contribution in [0.15, 0.2) is 6.33 Å². The number of hydrogen-bond donors (Lipinski definition) is 2. The first-order valence-electron chi connectivity index (χ1n) is 11.7. The fraction of sp³-hybridized carbons (Fsp3) is 0.773. The zero-order valence-electron chi connectivity index (χ0n) is 20.2. The Hall–Kier alpha value is -2.39. The maximum Gasteiger partial charge on any atom is 0.490 e. The van der Waals surface area contributed by atoms with Gasteiger partial charge >= 0.3 is 24.3 Å². The molecule has 1 aromatic rings. The molecule has 1 atom stereocenters. The van der Waals surface area contributed by atoms with Gasteiger partial charge in [0.1, 0.15) is 0 Å². The molecule has 37 heavy (non-hydrogen) atoms. The van der Waals surface area contributed by atoms with E-state index in [4.69, 9.17) is 29.3 Å². The first kappa shape index (κ1) is 30.8. The maximum atomic E-state index is 10.6. The quantitative estimate of drug-likeness (QED) is 0.538. The molecule has 3 aliphatic rings. The predicted molar refractivity (Wildman–Crippen MR) is 116 cm³/mol. The van der Waals surface area contributed by atoms with Gasteiger partial charge in [-0.05, 0) is 31.6 Å². The first-order valence-corrected chi connectivity index (χ1v) is 11.7. The summed E-state index contributed by atoms with van der Waals surface area (Å²) in [5.41, 5.74) is 2.66. The number of halogens is 6. The van der Waals surface area contributed by atoms with Crippen LogP contribution in [0.3, 0.4) is 0 Å². The molecule has 0 spiro atoms. The van der Waals surface area contributed by atoms with Gasteiger partial charge in [0.15, 0.2) is 0 Å². The fourth-order valence-corrected chi connectivity index (χ4v) is 4.21. The Morgan fingerprint density at radius 2 is 1.57 bits per heavy atom. The number of rotatable bonds is 5. The van der Waals surface area contributed by atoms with Gasteiger partial charge in [0, 0.05) is 57.6 Å². The number of carboxylic acid groups (broad SMARTS) is 2. The Kier molecular flexibility index (Phi) is 11.2. The smallest absolute Gasteiger partial charge is 0.475 e. The van der Waals surface area contributed by atoms with Crippen molar-refractivity contribution in [2.24, 2.45) is 13.0 Å². The number of aliphatic carboxylic acids is 2. The number of alkyl halides is 6. The Labute approximate surface area is 209 Å². The standard InChI is InChI=1S/C18H29N3O2.2C2HF3O2/c1-20-13-19-17-10-21(16-3-2-4-16)9-15(18(17)20)12-23-11-14-5-7-22-8-6-14;2*3-2(4,5)1(6)7/h13-16H,2-12H2,1H3;2*(H,6,7). The van der Waals surface area contributed by atoms with Crippen LogP contribution in [0.2, 0.25) is 0 Å². The highest BCUT2D eigenvalue weighted by atomic mass is 19.4. The Morgan fingerprint density at radius 1 is 1.03 bits per heavy atom. The number of fused-ring (bicyclic) bond motifs is 1. The van der Waals surface area contributed by atoms with Gasteiger partial charge in [0.2, 0.25) is 0 Å². The molecule has 3 heterocycles. The van der Waals surface area contributed by atoms with E-state index in [1.54, 1.807) is 0 Å². The zero-order chi connectivity index (χ0) is 27.8. The minimum absolute atomic E-state index is 0.465. The number of ether oxygens (including phenoxy) is 2. The van der Waals surface area contributed by atoms with Crippen molar-refractivity contribution in [1.29, 1.82) is 0 Å². The lowest BCUT2D eigenvalue weighted by Gasteiger charge is -2.42. The van der Waals surface area contributed by atoms with Crippen LogP contribution < -0.4 is 0 Å². The van der Waals surface area contributed by atoms with Crippen molar-refractivity contribution in [3.63, 3.8) is 0 Å². The lowest BCUT2D eigenvalue weighted by atomic mass is 9.88. The molecule has 1 aromatic heterocycles. The molecule has 15 heteroatoms. The molecule has 1 saturated heterocycles. The van der Waals surface area contributed by atoms with E-state index in [-0.39, 0.29) is 0 Å². The molecule has 1 saturated carbocycles. The van der Waals surface area contributed by atoms with E-state index in [1.165, 1.54) is 30.7 Å². The van der Waals surface area contributed by atoms with Gasteiger partial charge in [-0.2, -0.15) is 26.3 Å². The Morgan fingerprint density at radius 3 is 2.03 bits per heavy atom. The van der Waals surface area contributed by atoms with Crippen molar-refractivity contribution in [3.8, 4) is 0 Å². The monoisotopic (exact) mass is 547 g/mol. The first-order chi connectivity index (χ1) is 17.2. The van der Waals surface area contributed by atoms with Crippen molar-refractivity contribution in [3.05, 3.63) is 17.7 Å². The second-order valence-electron chi connectivity index (χ2n) is 9.10. The normalized spacial score (nSPS) is 21.0. The number of imidazole rings is 1. The number of hydrogen-bond acceptors (Lipinski definition) is 6. The third-order valence-electron chi connectivity index (χ3n) is 6.35. The Balaban J connectivity index is 0.000000286. The van der Waals surface area contributed by atoms with Crippen molar-refractivity contribution < 1.29 is 55.6 Å². The molecule has 2 N–H and O–H groups in total. The molecule has 0 radical (unpaired) electrons. The van der Waals surface area contributed by atoms with Gasteiger partial charge in [-0.1, -0.05) is 6.42 Å². The van der Waals surface area contributed by atoms with E-state index >= 15 is 0 Å². The van der Waals surface area contributed by atoms with E-state index in [2.05, 4.69) is 21.5 Å². The van der Waals surface area contributed by atoms with E-state index in [0.717, 1.165) is 58.4 Å². The van der Waals surface area contributed by atoms with Crippen LogP contribution in [0.5, 0.6) is 0 Å². The van der Waals surface area contributed by atoms with Crippen LogP contribution in [-0.2, 0) is 32.7 Å². The largest absolute Gasteiger partial charge is 0.490 e. The van der Waals surface area contributed by atoms with Crippen LogP contribution in [0, 0.1) is 5.92 Å². The molecular formula is C22H31F6N3O6. The highest BCUT2D eigenvalue weighted by Crippen LogP contribution is 2.34. The molecule has 9 nitrogen and oxygen atoms in total. The predicted octanol–water partition coefficient (Wildman–Crippen LogP) is 3.58. The molecule has 1 unspecified atom stereocenters. The zero-order valence-corrected chi connectivity index (χ0v) is 20.2. The van der Waals surface area contributed by atoms with Gasteiger partial charge in [0.05, 0.1) is 18.6 Å². The van der Waals surface area contributed by atoms with Gasteiger partial charge < -0.3 is 24.3 Å². The van der Waals surface area contributed by atoms with Gasteiger partial charge in [0.25, 0.3) is 0 Å². The summed E-state index contributed by atoms with van der Waals surface area (Å²) >= 11 is 0. The third-order valence-corrected chi connectivity index (χ3v) is 6.35. The van der Waals surface area contributed by atoms with Crippen molar-refractivity contribution in [2.45, 2.75) is 63.0 Å². The van der Waals surface area contributed by atoms with Crippen LogP contribution in [0.25, 0.3) is 0 Å². The fourth-order valence-electron chi connectivity index (χ4n) is 4.21. The molecule has 4 rings (SSSR count). The number of nitrogens with zero attached hydrogens (tertiary/aromatic N) is 3. The van der Waals surface area contributed by atoms with Crippen LogP contribution in [-0.4, -0.2) is 88.0 Å². The number of carbonyl (C=O) groups is 2. The van der Waals surface area contributed by atoms with Crippen molar-refractivity contribution >= 4 is 11.9 Å². The highest BCUT2D eigenvalue weighted by Gasteiger charge is 2.39. The number of carboxylic acids is 2. The minimum atomic E-state index is -5.08. The number of aryl methyl sites for hydroxylation is 1. The summed E-state index contributed by atoms with van der Waals surface area (Å²) in [6.45, 7) is 5.67. The Bertz CT molecular complexity index is 857. The number of aromatic nitrogens is 2. The second kappa shape index (κ2) is 13.4. The molecule has 0 aromatic carbocycles. The molecule has 212 valence electrons. The average Bonchev–Trinajstić information content (AvgIpc) is 3.14. The lowest BCUT2D eigenvalue weighted by molar-refractivity contribution is -0.193. The van der Waals surface area contributed by atoms with Gasteiger partial charge in [-0.15, -0.1) is 0 Å². The second-order valence-corrected chi connectivity index (χ2v) is 9.10. The molecular weight excluding hydrogens is 516 g/mol. The van der Waals surface area contributed by atoms with Crippen molar-refractivity contribution in [1.82, 2.24) is 14.5 Å². The summed E-state index contributed by atoms with van der Waals surface area (Å²) in [6, 6.07) is 0.781. The minimum Gasteiger partial charge on any atom is -0.475 e. The average molecular weight is 547 g/mol. The van der Waals surface area contributed by atoms with E-state index in [1.807, 2.05) is 6.33 Å².